The van der Waals surface area contributed by atoms with Crippen molar-refractivity contribution in [1.82, 2.24) is 9.78 Å². The van der Waals surface area contributed by atoms with Crippen molar-refractivity contribution >= 4 is 0 Å². The highest BCUT2D eigenvalue weighted by atomic mass is 16.1. The SMILES string of the molecule is CCCc1[nH]n(CC)c(=O)c1CCC. The van der Waals surface area contributed by atoms with Crippen molar-refractivity contribution in [1.29, 1.82) is 0 Å². The quantitative estimate of drug-likeness (QED) is 0.769. The molecule has 0 aliphatic rings. The Labute approximate surface area is 85.1 Å². The minimum absolute atomic E-state index is 0.179. The number of aryl methyl sites for hydroxylation is 2. The lowest BCUT2D eigenvalue weighted by Gasteiger charge is -1.97. The molecule has 0 fully saturated rings. The van der Waals surface area contributed by atoms with Crippen LogP contribution in [-0.2, 0) is 19.4 Å². The monoisotopic (exact) mass is 196 g/mol. The van der Waals surface area contributed by atoms with Crippen LogP contribution in [0.5, 0.6) is 0 Å². The average Bonchev–Trinajstić information content (AvgIpc) is 2.47. The number of nitrogens with zero attached hydrogens (tertiary/aromatic N) is 1. The van der Waals surface area contributed by atoms with Crippen LogP contribution >= 0.6 is 0 Å². The van der Waals surface area contributed by atoms with Crippen LogP contribution in [0.15, 0.2) is 4.79 Å². The third-order valence-electron chi connectivity index (χ3n) is 2.45. The molecule has 0 radical (unpaired) electrons. The lowest BCUT2D eigenvalue weighted by Crippen LogP contribution is -2.17. The van der Waals surface area contributed by atoms with Crippen LogP contribution in [0.2, 0.25) is 0 Å². The lowest BCUT2D eigenvalue weighted by molar-refractivity contribution is 0.625. The van der Waals surface area contributed by atoms with Gasteiger partial charge in [-0.05, 0) is 19.8 Å². The zero-order valence-corrected chi connectivity index (χ0v) is 9.39. The molecule has 3 nitrogen and oxygen atoms in total. The van der Waals surface area contributed by atoms with E-state index in [2.05, 4.69) is 18.9 Å². The van der Waals surface area contributed by atoms with Gasteiger partial charge in [-0.15, -0.1) is 0 Å². The van der Waals surface area contributed by atoms with E-state index in [0.717, 1.165) is 43.5 Å². The molecule has 0 bridgehead atoms. The van der Waals surface area contributed by atoms with E-state index in [9.17, 15) is 4.79 Å². The van der Waals surface area contributed by atoms with Gasteiger partial charge < -0.3 is 0 Å². The van der Waals surface area contributed by atoms with Gasteiger partial charge in [0.2, 0.25) is 0 Å². The Bertz CT molecular complexity index is 336. The van der Waals surface area contributed by atoms with Crippen molar-refractivity contribution in [2.75, 3.05) is 0 Å². The predicted octanol–water partition coefficient (Wildman–Crippen LogP) is 2.10. The highest BCUT2D eigenvalue weighted by Crippen LogP contribution is 2.07. The van der Waals surface area contributed by atoms with Gasteiger partial charge >= 0.3 is 0 Å². The van der Waals surface area contributed by atoms with Crippen molar-refractivity contribution in [3.8, 4) is 0 Å². The van der Waals surface area contributed by atoms with E-state index in [4.69, 9.17) is 0 Å². The summed E-state index contributed by atoms with van der Waals surface area (Å²) in [5.74, 6) is 0. The summed E-state index contributed by atoms with van der Waals surface area (Å²) in [4.78, 5) is 11.8. The first-order valence-corrected chi connectivity index (χ1v) is 5.55. The van der Waals surface area contributed by atoms with Crippen molar-refractivity contribution < 1.29 is 0 Å². The Hall–Kier alpha value is -0.990. The Kier molecular flexibility index (Phi) is 3.98. The summed E-state index contributed by atoms with van der Waals surface area (Å²) in [7, 11) is 0. The molecule has 80 valence electrons. The van der Waals surface area contributed by atoms with E-state index >= 15 is 0 Å². The molecular formula is C11H20N2O. The molecule has 0 unspecified atom stereocenters. The summed E-state index contributed by atoms with van der Waals surface area (Å²) < 4.78 is 1.70. The molecule has 0 aliphatic carbocycles. The second-order valence-corrected chi connectivity index (χ2v) is 3.62. The molecule has 0 saturated heterocycles. The Morgan fingerprint density at radius 3 is 2.29 bits per heavy atom. The molecule has 1 rings (SSSR count). The summed E-state index contributed by atoms with van der Waals surface area (Å²) in [5, 5.41) is 3.19. The molecule has 0 aromatic carbocycles. The van der Waals surface area contributed by atoms with E-state index in [-0.39, 0.29) is 5.56 Å². The third-order valence-corrected chi connectivity index (χ3v) is 2.45. The van der Waals surface area contributed by atoms with Crippen molar-refractivity contribution in [2.45, 2.75) is 53.0 Å². The van der Waals surface area contributed by atoms with Crippen molar-refractivity contribution in [2.24, 2.45) is 0 Å². The second kappa shape index (κ2) is 5.03. The molecule has 0 spiro atoms. The second-order valence-electron chi connectivity index (χ2n) is 3.62. The number of aromatic amines is 1. The summed E-state index contributed by atoms with van der Waals surface area (Å²) in [5.41, 5.74) is 2.32. The highest BCUT2D eigenvalue weighted by molar-refractivity contribution is 5.17. The maximum atomic E-state index is 11.8. The molecule has 14 heavy (non-hydrogen) atoms. The molecular weight excluding hydrogens is 176 g/mol. The zero-order valence-electron chi connectivity index (χ0n) is 9.39. The number of H-pyrrole nitrogens is 1. The predicted molar refractivity (Wildman–Crippen MR) is 58.7 cm³/mol. The van der Waals surface area contributed by atoms with Crippen LogP contribution in [0.4, 0.5) is 0 Å². The van der Waals surface area contributed by atoms with Gasteiger partial charge in [0, 0.05) is 17.8 Å². The number of rotatable bonds is 5. The van der Waals surface area contributed by atoms with Crippen molar-refractivity contribution in [3.63, 3.8) is 0 Å². The normalized spacial score (nSPS) is 10.8. The lowest BCUT2D eigenvalue weighted by atomic mass is 10.1. The van der Waals surface area contributed by atoms with Gasteiger partial charge in [0.05, 0.1) is 0 Å². The summed E-state index contributed by atoms with van der Waals surface area (Å²) in [6.07, 6.45) is 4.00. The van der Waals surface area contributed by atoms with Crippen LogP contribution in [0, 0.1) is 0 Å². The van der Waals surface area contributed by atoms with Crippen LogP contribution in [-0.4, -0.2) is 9.78 Å². The topological polar surface area (TPSA) is 37.8 Å². The van der Waals surface area contributed by atoms with E-state index < -0.39 is 0 Å². The molecule has 1 N–H and O–H groups in total. The first-order chi connectivity index (χ1) is 6.74. The van der Waals surface area contributed by atoms with Crippen LogP contribution < -0.4 is 5.56 Å². The summed E-state index contributed by atoms with van der Waals surface area (Å²) in [6, 6.07) is 0. The molecule has 3 heteroatoms. The molecule has 0 amide bonds. The fourth-order valence-electron chi connectivity index (χ4n) is 1.76. The maximum Gasteiger partial charge on any atom is 0.269 e. The van der Waals surface area contributed by atoms with Gasteiger partial charge in [-0.25, -0.2) is 0 Å². The van der Waals surface area contributed by atoms with Gasteiger partial charge in [-0.1, -0.05) is 26.7 Å². The minimum atomic E-state index is 0.179. The van der Waals surface area contributed by atoms with Crippen LogP contribution in [0.3, 0.4) is 0 Å². The summed E-state index contributed by atoms with van der Waals surface area (Å²) >= 11 is 0. The molecule has 1 aromatic rings. The van der Waals surface area contributed by atoms with Crippen molar-refractivity contribution in [3.05, 3.63) is 21.6 Å². The van der Waals surface area contributed by atoms with Crippen LogP contribution in [0.25, 0.3) is 0 Å². The summed E-state index contributed by atoms with van der Waals surface area (Å²) in [6.45, 7) is 6.97. The van der Waals surface area contributed by atoms with Crippen LogP contribution in [0.1, 0.15) is 44.9 Å². The molecule has 1 aromatic heterocycles. The molecule has 0 saturated carbocycles. The molecule has 1 heterocycles. The number of aromatic nitrogens is 2. The first-order valence-electron chi connectivity index (χ1n) is 5.55. The highest BCUT2D eigenvalue weighted by Gasteiger charge is 2.10. The number of nitrogens with one attached hydrogen (secondary N) is 1. The largest absolute Gasteiger partial charge is 0.299 e. The van der Waals surface area contributed by atoms with Gasteiger partial charge in [-0.3, -0.25) is 14.6 Å². The average molecular weight is 196 g/mol. The van der Waals surface area contributed by atoms with Gasteiger partial charge in [0.15, 0.2) is 0 Å². The Balaban J connectivity index is 3.06. The minimum Gasteiger partial charge on any atom is -0.299 e. The van der Waals surface area contributed by atoms with Gasteiger partial charge in [0.25, 0.3) is 5.56 Å². The van der Waals surface area contributed by atoms with E-state index in [0.29, 0.717) is 0 Å². The smallest absolute Gasteiger partial charge is 0.269 e. The standard InChI is InChI=1S/C11H20N2O/c1-4-7-9-10(8-5-2)12-13(6-3)11(9)14/h12H,4-8H2,1-3H3. The van der Waals surface area contributed by atoms with Gasteiger partial charge in [-0.2, -0.15) is 0 Å². The first kappa shape index (κ1) is 11.1. The van der Waals surface area contributed by atoms with E-state index in [1.165, 1.54) is 0 Å². The Morgan fingerprint density at radius 1 is 1.14 bits per heavy atom. The number of hydrogen-bond donors (Lipinski definition) is 1. The fourth-order valence-corrected chi connectivity index (χ4v) is 1.76. The molecule has 0 aliphatic heterocycles. The number of hydrogen-bond acceptors (Lipinski definition) is 1. The van der Waals surface area contributed by atoms with E-state index in [1.54, 1.807) is 4.68 Å². The third kappa shape index (κ3) is 2.08. The van der Waals surface area contributed by atoms with E-state index in [1.807, 2.05) is 6.92 Å². The molecule has 0 atom stereocenters. The zero-order chi connectivity index (χ0) is 10.6. The Morgan fingerprint density at radius 2 is 1.79 bits per heavy atom. The van der Waals surface area contributed by atoms with Gasteiger partial charge in [0.1, 0.15) is 0 Å². The fraction of sp³-hybridized carbons (Fsp3) is 0.727. The maximum absolute atomic E-state index is 11.8.